The summed E-state index contributed by atoms with van der Waals surface area (Å²) in [7, 11) is 0. The summed E-state index contributed by atoms with van der Waals surface area (Å²) in [6.07, 6.45) is 0.135. The molecule has 1 aliphatic rings. The van der Waals surface area contributed by atoms with Crippen molar-refractivity contribution >= 4 is 17.0 Å². The predicted molar refractivity (Wildman–Crippen MR) is 65.3 cm³/mol. The maximum atomic E-state index is 5.79. The molecule has 5 heteroatoms. The van der Waals surface area contributed by atoms with Crippen LogP contribution in [0.5, 0.6) is 0 Å². The van der Waals surface area contributed by atoms with Crippen molar-refractivity contribution in [1.82, 2.24) is 5.32 Å². The fourth-order valence-corrected chi connectivity index (χ4v) is 2.47. The van der Waals surface area contributed by atoms with Crippen LogP contribution in [0.15, 0.2) is 11.4 Å². The lowest BCUT2D eigenvalue weighted by atomic mass is 10.3. The van der Waals surface area contributed by atoms with Gasteiger partial charge in [-0.1, -0.05) is 0 Å². The van der Waals surface area contributed by atoms with Crippen molar-refractivity contribution in [2.45, 2.75) is 32.3 Å². The van der Waals surface area contributed by atoms with E-state index in [0.717, 1.165) is 18.8 Å². The number of rotatable bonds is 4. The van der Waals surface area contributed by atoms with E-state index in [1.165, 1.54) is 4.88 Å². The van der Waals surface area contributed by atoms with Crippen molar-refractivity contribution in [2.24, 2.45) is 0 Å². The van der Waals surface area contributed by atoms with E-state index in [9.17, 15) is 0 Å². The molecular weight excluding hydrogens is 224 g/mol. The third kappa shape index (κ3) is 2.95. The second-order valence-electron chi connectivity index (χ2n) is 4.38. The van der Waals surface area contributed by atoms with Gasteiger partial charge in [-0.25, -0.2) is 0 Å². The maximum Gasteiger partial charge on any atom is 0.163 e. The average Bonchev–Trinajstić information content (AvgIpc) is 2.74. The molecule has 4 nitrogen and oxygen atoms in total. The quantitative estimate of drug-likeness (QED) is 0.841. The Kier molecular flexibility index (Phi) is 3.49. The molecule has 1 unspecified atom stereocenters. The van der Waals surface area contributed by atoms with Crippen molar-refractivity contribution in [3.05, 3.63) is 16.3 Å². The van der Waals surface area contributed by atoms with Gasteiger partial charge in [0, 0.05) is 23.7 Å². The number of hydrogen-bond acceptors (Lipinski definition) is 5. The molecule has 1 aromatic rings. The van der Waals surface area contributed by atoms with Gasteiger partial charge < -0.3 is 20.5 Å². The Bertz CT molecular complexity index is 352. The predicted octanol–water partition coefficient (Wildman–Crippen LogP) is 1.57. The molecule has 1 saturated heterocycles. The van der Waals surface area contributed by atoms with E-state index in [4.69, 9.17) is 15.2 Å². The maximum absolute atomic E-state index is 5.79. The Morgan fingerprint density at radius 2 is 2.44 bits per heavy atom. The molecule has 2 heterocycles. The SMILES string of the molecule is CC1(C)OCC(CNCc2sccc2N)O1. The summed E-state index contributed by atoms with van der Waals surface area (Å²) in [4.78, 5) is 1.18. The lowest BCUT2D eigenvalue weighted by molar-refractivity contribution is -0.137. The molecule has 16 heavy (non-hydrogen) atoms. The van der Waals surface area contributed by atoms with Crippen LogP contribution in [-0.4, -0.2) is 25.0 Å². The molecule has 2 rings (SSSR count). The third-order valence-corrected chi connectivity index (χ3v) is 3.44. The van der Waals surface area contributed by atoms with Gasteiger partial charge in [-0.2, -0.15) is 0 Å². The van der Waals surface area contributed by atoms with Gasteiger partial charge in [0.05, 0.1) is 12.7 Å². The molecule has 1 aliphatic heterocycles. The van der Waals surface area contributed by atoms with Gasteiger partial charge >= 0.3 is 0 Å². The van der Waals surface area contributed by atoms with E-state index in [0.29, 0.717) is 6.61 Å². The fourth-order valence-electron chi connectivity index (χ4n) is 1.70. The number of nitrogens with two attached hydrogens (primary N) is 1. The first-order chi connectivity index (χ1) is 7.57. The zero-order valence-corrected chi connectivity index (χ0v) is 10.5. The minimum atomic E-state index is -0.436. The smallest absolute Gasteiger partial charge is 0.163 e. The lowest BCUT2D eigenvalue weighted by Crippen LogP contribution is -2.30. The fraction of sp³-hybridized carbons (Fsp3) is 0.636. The first kappa shape index (κ1) is 11.9. The summed E-state index contributed by atoms with van der Waals surface area (Å²) in [5.74, 6) is -0.436. The Morgan fingerprint density at radius 3 is 3.00 bits per heavy atom. The highest BCUT2D eigenvalue weighted by molar-refractivity contribution is 7.10. The molecule has 0 aromatic carbocycles. The van der Waals surface area contributed by atoms with Gasteiger partial charge in [-0.05, 0) is 25.3 Å². The van der Waals surface area contributed by atoms with Crippen LogP contribution in [0, 0.1) is 0 Å². The number of thiophene rings is 1. The second kappa shape index (κ2) is 4.71. The molecular formula is C11H18N2O2S. The zero-order chi connectivity index (χ0) is 11.6. The Balaban J connectivity index is 1.71. The van der Waals surface area contributed by atoms with Crippen molar-refractivity contribution in [3.8, 4) is 0 Å². The molecule has 0 aliphatic carbocycles. The van der Waals surface area contributed by atoms with Crippen LogP contribution < -0.4 is 11.1 Å². The number of hydrogen-bond donors (Lipinski definition) is 2. The number of nitrogens with one attached hydrogen (secondary N) is 1. The minimum absolute atomic E-state index is 0.135. The summed E-state index contributed by atoms with van der Waals surface area (Å²) in [5.41, 5.74) is 6.65. The van der Waals surface area contributed by atoms with Crippen LogP contribution in [0.4, 0.5) is 5.69 Å². The second-order valence-corrected chi connectivity index (χ2v) is 5.38. The highest BCUT2D eigenvalue weighted by atomic mass is 32.1. The van der Waals surface area contributed by atoms with Gasteiger partial charge in [-0.3, -0.25) is 0 Å². The molecule has 0 radical (unpaired) electrons. The largest absolute Gasteiger partial charge is 0.398 e. The minimum Gasteiger partial charge on any atom is -0.398 e. The molecule has 0 amide bonds. The number of nitrogen functional groups attached to an aromatic ring is 1. The van der Waals surface area contributed by atoms with Crippen LogP contribution >= 0.6 is 11.3 Å². The normalized spacial score (nSPS) is 23.8. The lowest BCUT2D eigenvalue weighted by Gasteiger charge is -2.17. The van der Waals surface area contributed by atoms with Gasteiger partial charge in [0.15, 0.2) is 5.79 Å². The van der Waals surface area contributed by atoms with E-state index in [1.807, 2.05) is 25.3 Å². The molecule has 1 aromatic heterocycles. The molecule has 0 bridgehead atoms. The van der Waals surface area contributed by atoms with Gasteiger partial charge in [-0.15, -0.1) is 11.3 Å². The molecule has 0 saturated carbocycles. The third-order valence-electron chi connectivity index (χ3n) is 2.50. The summed E-state index contributed by atoms with van der Waals surface area (Å²) in [6, 6.07) is 1.93. The van der Waals surface area contributed by atoms with Crippen molar-refractivity contribution in [3.63, 3.8) is 0 Å². The monoisotopic (exact) mass is 242 g/mol. The highest BCUT2D eigenvalue weighted by Gasteiger charge is 2.32. The average molecular weight is 242 g/mol. The van der Waals surface area contributed by atoms with Gasteiger partial charge in [0.2, 0.25) is 0 Å². The summed E-state index contributed by atoms with van der Waals surface area (Å²) in [6.45, 7) is 6.11. The standard InChI is InChI=1S/C11H18N2O2S/c1-11(2)14-7-8(15-11)5-13-6-10-9(12)3-4-16-10/h3-4,8,13H,5-7,12H2,1-2H3. The van der Waals surface area contributed by atoms with E-state index in [-0.39, 0.29) is 6.10 Å². The Hall–Kier alpha value is -0.620. The van der Waals surface area contributed by atoms with E-state index in [2.05, 4.69) is 5.32 Å². The molecule has 1 fully saturated rings. The van der Waals surface area contributed by atoms with Crippen molar-refractivity contribution in [2.75, 3.05) is 18.9 Å². The van der Waals surface area contributed by atoms with Crippen LogP contribution in [0.25, 0.3) is 0 Å². The molecule has 90 valence electrons. The van der Waals surface area contributed by atoms with Crippen LogP contribution in [0.2, 0.25) is 0 Å². The van der Waals surface area contributed by atoms with Crippen LogP contribution in [0.1, 0.15) is 18.7 Å². The number of anilines is 1. The Labute approximate surface area is 99.7 Å². The first-order valence-corrected chi connectivity index (χ1v) is 6.29. The molecule has 1 atom stereocenters. The van der Waals surface area contributed by atoms with Gasteiger partial charge in [0.1, 0.15) is 0 Å². The molecule has 0 spiro atoms. The molecule has 3 N–H and O–H groups in total. The van der Waals surface area contributed by atoms with Gasteiger partial charge in [0.25, 0.3) is 0 Å². The topological polar surface area (TPSA) is 56.5 Å². The van der Waals surface area contributed by atoms with E-state index < -0.39 is 5.79 Å². The summed E-state index contributed by atoms with van der Waals surface area (Å²) in [5, 5.41) is 5.34. The van der Waals surface area contributed by atoms with Crippen LogP contribution in [0.3, 0.4) is 0 Å². The first-order valence-electron chi connectivity index (χ1n) is 5.41. The van der Waals surface area contributed by atoms with E-state index >= 15 is 0 Å². The zero-order valence-electron chi connectivity index (χ0n) is 9.66. The van der Waals surface area contributed by atoms with Crippen molar-refractivity contribution < 1.29 is 9.47 Å². The highest BCUT2D eigenvalue weighted by Crippen LogP contribution is 2.22. The van der Waals surface area contributed by atoms with E-state index in [1.54, 1.807) is 11.3 Å². The summed E-state index contributed by atoms with van der Waals surface area (Å²) >= 11 is 1.67. The summed E-state index contributed by atoms with van der Waals surface area (Å²) < 4.78 is 11.2. The van der Waals surface area contributed by atoms with Crippen LogP contribution in [-0.2, 0) is 16.0 Å². The Morgan fingerprint density at radius 1 is 1.62 bits per heavy atom. The van der Waals surface area contributed by atoms with Crippen molar-refractivity contribution in [1.29, 1.82) is 0 Å². The number of ether oxygens (including phenoxy) is 2.